The van der Waals surface area contributed by atoms with Crippen LogP contribution in [-0.2, 0) is 4.74 Å². The molecule has 1 N–H and O–H groups in total. The molecule has 0 radical (unpaired) electrons. The maximum Gasteiger partial charge on any atom is 0.279 e. The van der Waals surface area contributed by atoms with Crippen LogP contribution in [0.1, 0.15) is 12.5 Å². The van der Waals surface area contributed by atoms with Gasteiger partial charge in [-0.25, -0.2) is 14.6 Å². The van der Waals surface area contributed by atoms with Gasteiger partial charge in [0.05, 0.1) is 24.2 Å². The second-order valence-corrected chi connectivity index (χ2v) is 5.75. The van der Waals surface area contributed by atoms with E-state index < -0.39 is 0 Å². The van der Waals surface area contributed by atoms with Crippen LogP contribution < -0.4 is 5.56 Å². The standard InChI is InChI=1S/C15H13N7O2/c23-15-12-9(1-3-21(15)10-2-4-24-7-10)6-22(20-12)14-11-5-18-19-13(11)16-8-17-14/h1,3,5-6,8,10H,2,4,7H2,(H,16,17,18,19). The zero-order valence-electron chi connectivity index (χ0n) is 12.6. The van der Waals surface area contributed by atoms with E-state index in [4.69, 9.17) is 4.74 Å². The Morgan fingerprint density at radius 2 is 2.29 bits per heavy atom. The molecule has 4 aromatic heterocycles. The van der Waals surface area contributed by atoms with E-state index in [9.17, 15) is 4.79 Å². The van der Waals surface area contributed by atoms with Crippen LogP contribution in [0.3, 0.4) is 0 Å². The van der Waals surface area contributed by atoms with Crippen LogP contribution in [0.2, 0.25) is 0 Å². The number of pyridine rings is 1. The van der Waals surface area contributed by atoms with Gasteiger partial charge in [0.2, 0.25) is 0 Å². The molecule has 0 aromatic carbocycles. The normalized spacial score (nSPS) is 17.9. The molecule has 0 amide bonds. The number of nitrogens with one attached hydrogen (secondary N) is 1. The Bertz CT molecular complexity index is 1100. The topological polar surface area (TPSA) is 104 Å². The summed E-state index contributed by atoms with van der Waals surface area (Å²) in [5.74, 6) is 0.583. The number of rotatable bonds is 2. The third-order valence-electron chi connectivity index (χ3n) is 4.34. The Morgan fingerprint density at radius 1 is 1.33 bits per heavy atom. The summed E-state index contributed by atoms with van der Waals surface area (Å²) in [6.45, 7) is 1.25. The third-order valence-corrected chi connectivity index (χ3v) is 4.34. The summed E-state index contributed by atoms with van der Waals surface area (Å²) in [6.07, 6.45) is 7.53. The van der Waals surface area contributed by atoms with Crippen LogP contribution in [0, 0.1) is 0 Å². The van der Waals surface area contributed by atoms with Crippen molar-refractivity contribution < 1.29 is 4.74 Å². The van der Waals surface area contributed by atoms with Gasteiger partial charge in [0, 0.05) is 24.4 Å². The van der Waals surface area contributed by atoms with Crippen LogP contribution in [0.15, 0.2) is 35.8 Å². The molecule has 0 saturated carbocycles. The molecule has 24 heavy (non-hydrogen) atoms. The monoisotopic (exact) mass is 323 g/mol. The Labute approximate surface area is 134 Å². The lowest BCUT2D eigenvalue weighted by Crippen LogP contribution is -2.24. The quantitative estimate of drug-likeness (QED) is 0.585. The SMILES string of the molecule is O=c1c2nn(-c3ncnc4[nH]ncc34)cc2ccn1C1CCOC1. The summed E-state index contributed by atoms with van der Waals surface area (Å²) in [5.41, 5.74) is 0.930. The van der Waals surface area contributed by atoms with E-state index >= 15 is 0 Å². The lowest BCUT2D eigenvalue weighted by Gasteiger charge is -2.10. The lowest BCUT2D eigenvalue weighted by atomic mass is 10.2. The molecule has 1 saturated heterocycles. The van der Waals surface area contributed by atoms with E-state index in [1.807, 2.05) is 12.3 Å². The molecule has 120 valence electrons. The van der Waals surface area contributed by atoms with Crippen LogP contribution in [0.25, 0.3) is 27.8 Å². The average Bonchev–Trinajstić information content (AvgIpc) is 3.34. The first kappa shape index (κ1) is 13.4. The molecule has 1 atom stereocenters. The Hall–Kier alpha value is -3.07. The van der Waals surface area contributed by atoms with Gasteiger partial charge in [0.15, 0.2) is 17.0 Å². The minimum atomic E-state index is -0.112. The largest absolute Gasteiger partial charge is 0.379 e. The van der Waals surface area contributed by atoms with E-state index in [1.165, 1.54) is 6.33 Å². The van der Waals surface area contributed by atoms with Gasteiger partial charge < -0.3 is 9.30 Å². The van der Waals surface area contributed by atoms with Gasteiger partial charge in [-0.15, -0.1) is 0 Å². The predicted octanol–water partition coefficient (Wildman–Crippen LogP) is 0.815. The molecule has 0 aliphatic carbocycles. The number of H-pyrrole nitrogens is 1. The van der Waals surface area contributed by atoms with Crippen molar-refractivity contribution in [3.05, 3.63) is 41.3 Å². The highest BCUT2D eigenvalue weighted by atomic mass is 16.5. The van der Waals surface area contributed by atoms with E-state index in [0.717, 1.165) is 17.2 Å². The molecule has 1 aliphatic heterocycles. The summed E-state index contributed by atoms with van der Waals surface area (Å²) in [6, 6.07) is 1.97. The van der Waals surface area contributed by atoms with Gasteiger partial charge in [-0.1, -0.05) is 0 Å². The second-order valence-electron chi connectivity index (χ2n) is 5.75. The Kier molecular flexibility index (Phi) is 2.77. The van der Waals surface area contributed by atoms with Gasteiger partial charge >= 0.3 is 0 Å². The molecule has 4 aromatic rings. The minimum absolute atomic E-state index is 0.0756. The van der Waals surface area contributed by atoms with Crippen molar-refractivity contribution in [1.82, 2.24) is 34.5 Å². The fourth-order valence-corrected chi connectivity index (χ4v) is 3.10. The van der Waals surface area contributed by atoms with Crippen molar-refractivity contribution in [1.29, 1.82) is 0 Å². The fraction of sp³-hybridized carbons (Fsp3) is 0.267. The van der Waals surface area contributed by atoms with Gasteiger partial charge in [-0.05, 0) is 12.5 Å². The molecule has 1 unspecified atom stereocenters. The number of aromatic nitrogens is 7. The van der Waals surface area contributed by atoms with E-state index in [-0.39, 0.29) is 11.6 Å². The molecule has 1 fully saturated rings. The maximum absolute atomic E-state index is 12.8. The van der Waals surface area contributed by atoms with Gasteiger partial charge in [-0.3, -0.25) is 9.89 Å². The van der Waals surface area contributed by atoms with Crippen molar-refractivity contribution in [3.63, 3.8) is 0 Å². The van der Waals surface area contributed by atoms with E-state index in [0.29, 0.717) is 30.2 Å². The van der Waals surface area contributed by atoms with Crippen molar-refractivity contribution in [2.45, 2.75) is 12.5 Å². The predicted molar refractivity (Wildman–Crippen MR) is 85.0 cm³/mol. The molecule has 9 heteroatoms. The summed E-state index contributed by atoms with van der Waals surface area (Å²) >= 11 is 0. The third kappa shape index (κ3) is 1.88. The number of aromatic amines is 1. The molecule has 5 rings (SSSR count). The maximum atomic E-state index is 12.8. The van der Waals surface area contributed by atoms with Crippen LogP contribution in [0.5, 0.6) is 0 Å². The highest BCUT2D eigenvalue weighted by molar-refractivity contribution is 5.83. The molecule has 0 bridgehead atoms. The smallest absolute Gasteiger partial charge is 0.279 e. The summed E-state index contributed by atoms with van der Waals surface area (Å²) < 4.78 is 8.69. The van der Waals surface area contributed by atoms with Crippen molar-refractivity contribution in [2.75, 3.05) is 13.2 Å². The number of nitrogens with zero attached hydrogens (tertiary/aromatic N) is 6. The second kappa shape index (κ2) is 4.96. The Balaban J connectivity index is 1.70. The highest BCUT2D eigenvalue weighted by Gasteiger charge is 2.20. The number of hydrogen-bond acceptors (Lipinski definition) is 6. The van der Waals surface area contributed by atoms with Gasteiger partial charge in [0.1, 0.15) is 6.33 Å². The fourth-order valence-electron chi connectivity index (χ4n) is 3.10. The zero-order valence-corrected chi connectivity index (χ0v) is 12.6. The summed E-state index contributed by atoms with van der Waals surface area (Å²) in [5, 5.41) is 12.7. The molecule has 5 heterocycles. The molecule has 1 aliphatic rings. The number of fused-ring (bicyclic) bond motifs is 2. The Morgan fingerprint density at radius 3 is 3.17 bits per heavy atom. The number of hydrogen-bond donors (Lipinski definition) is 1. The molecular formula is C15H13N7O2. The van der Waals surface area contributed by atoms with Gasteiger partial charge in [-0.2, -0.15) is 10.2 Å². The van der Waals surface area contributed by atoms with Crippen molar-refractivity contribution >= 4 is 21.9 Å². The highest BCUT2D eigenvalue weighted by Crippen LogP contribution is 2.20. The van der Waals surface area contributed by atoms with Gasteiger partial charge in [0.25, 0.3) is 5.56 Å². The molecule has 9 nitrogen and oxygen atoms in total. The first-order chi connectivity index (χ1) is 11.8. The van der Waals surface area contributed by atoms with Crippen LogP contribution >= 0.6 is 0 Å². The zero-order chi connectivity index (χ0) is 16.1. The first-order valence-electron chi connectivity index (χ1n) is 7.64. The molecule has 0 spiro atoms. The van der Waals surface area contributed by atoms with Crippen molar-refractivity contribution in [3.8, 4) is 5.82 Å². The average molecular weight is 323 g/mol. The summed E-state index contributed by atoms with van der Waals surface area (Å²) in [7, 11) is 0. The van der Waals surface area contributed by atoms with Crippen LogP contribution in [-0.4, -0.2) is 47.7 Å². The molecular weight excluding hydrogens is 310 g/mol. The van der Waals surface area contributed by atoms with Crippen LogP contribution in [0.4, 0.5) is 0 Å². The van der Waals surface area contributed by atoms with Crippen molar-refractivity contribution in [2.24, 2.45) is 0 Å². The van der Waals surface area contributed by atoms with E-state index in [2.05, 4.69) is 25.3 Å². The first-order valence-corrected chi connectivity index (χ1v) is 7.64. The minimum Gasteiger partial charge on any atom is -0.379 e. The number of ether oxygens (including phenoxy) is 1. The van der Waals surface area contributed by atoms with E-state index in [1.54, 1.807) is 21.6 Å². The lowest BCUT2D eigenvalue weighted by molar-refractivity contribution is 0.186. The summed E-state index contributed by atoms with van der Waals surface area (Å²) in [4.78, 5) is 21.1.